The van der Waals surface area contributed by atoms with Gasteiger partial charge in [-0.15, -0.1) is 0 Å². The van der Waals surface area contributed by atoms with E-state index in [0.29, 0.717) is 18.7 Å². The molecule has 1 aliphatic heterocycles. The molecule has 6 heteroatoms. The average molecular weight is 253 g/mol. The second kappa shape index (κ2) is 5.86. The number of hydrogen-bond donors (Lipinski definition) is 2. The third-order valence-electron chi connectivity index (χ3n) is 3.06. The number of carbonyl (C=O) groups excluding carboxylic acids is 1. The van der Waals surface area contributed by atoms with Crippen LogP contribution in [0.25, 0.3) is 0 Å². The van der Waals surface area contributed by atoms with E-state index in [-0.39, 0.29) is 11.7 Å². The van der Waals surface area contributed by atoms with Gasteiger partial charge >= 0.3 is 5.97 Å². The van der Waals surface area contributed by atoms with Crippen LogP contribution in [-0.4, -0.2) is 36.2 Å². The molecule has 2 atom stereocenters. The summed E-state index contributed by atoms with van der Waals surface area (Å²) in [6.45, 7) is 5.25. The average Bonchev–Trinajstić information content (AvgIpc) is 2.81. The standard InChI is InChI=1S/C12H19N3O3/c1-3-17-11(16)10-7-18-12(15-10)14-9-5-4-6-13-8(9)2/h7-9,13H,3-6H2,1-2H3,(H,14,15). The van der Waals surface area contributed by atoms with Gasteiger partial charge in [-0.25, -0.2) is 4.79 Å². The summed E-state index contributed by atoms with van der Waals surface area (Å²) < 4.78 is 10.1. The Kier molecular flexibility index (Phi) is 4.19. The van der Waals surface area contributed by atoms with Crippen molar-refractivity contribution < 1.29 is 13.9 Å². The second-order valence-corrected chi connectivity index (χ2v) is 4.39. The summed E-state index contributed by atoms with van der Waals surface area (Å²) in [4.78, 5) is 15.5. The fourth-order valence-corrected chi connectivity index (χ4v) is 2.04. The van der Waals surface area contributed by atoms with Crippen molar-refractivity contribution in [3.05, 3.63) is 12.0 Å². The Labute approximate surface area is 106 Å². The van der Waals surface area contributed by atoms with Crippen molar-refractivity contribution in [2.45, 2.75) is 38.8 Å². The summed E-state index contributed by atoms with van der Waals surface area (Å²) in [5.74, 6) is -0.455. The Hall–Kier alpha value is -1.56. The number of nitrogens with one attached hydrogen (secondary N) is 2. The van der Waals surface area contributed by atoms with Gasteiger partial charge in [-0.1, -0.05) is 0 Å². The van der Waals surface area contributed by atoms with E-state index in [0.717, 1.165) is 19.4 Å². The van der Waals surface area contributed by atoms with Crippen LogP contribution in [0.2, 0.25) is 0 Å². The van der Waals surface area contributed by atoms with Crippen molar-refractivity contribution in [1.82, 2.24) is 10.3 Å². The zero-order chi connectivity index (χ0) is 13.0. The normalized spacial score (nSPS) is 23.7. The zero-order valence-electron chi connectivity index (χ0n) is 10.7. The van der Waals surface area contributed by atoms with E-state index in [4.69, 9.17) is 9.15 Å². The molecule has 0 aromatic carbocycles. The van der Waals surface area contributed by atoms with Crippen molar-refractivity contribution in [2.24, 2.45) is 0 Å². The van der Waals surface area contributed by atoms with Gasteiger partial charge < -0.3 is 19.8 Å². The lowest BCUT2D eigenvalue weighted by Crippen LogP contribution is -2.46. The summed E-state index contributed by atoms with van der Waals surface area (Å²) in [6.07, 6.45) is 3.50. The number of esters is 1. The van der Waals surface area contributed by atoms with Gasteiger partial charge in [-0.2, -0.15) is 4.98 Å². The number of oxazole rings is 1. The SMILES string of the molecule is CCOC(=O)c1coc(NC2CCCNC2C)n1. The number of hydrogen-bond acceptors (Lipinski definition) is 6. The molecule has 0 amide bonds. The molecule has 2 heterocycles. The first-order valence-corrected chi connectivity index (χ1v) is 6.33. The van der Waals surface area contributed by atoms with E-state index in [9.17, 15) is 4.79 Å². The quantitative estimate of drug-likeness (QED) is 0.790. The summed E-state index contributed by atoms with van der Waals surface area (Å²) >= 11 is 0. The highest BCUT2D eigenvalue weighted by Crippen LogP contribution is 2.16. The minimum absolute atomic E-state index is 0.204. The molecule has 0 spiro atoms. The summed E-state index contributed by atoms with van der Waals surface area (Å²) in [6, 6.07) is 1.00. The highest BCUT2D eigenvalue weighted by atomic mass is 16.5. The predicted molar refractivity (Wildman–Crippen MR) is 66.6 cm³/mol. The number of ether oxygens (including phenoxy) is 1. The van der Waals surface area contributed by atoms with Gasteiger partial charge in [0.2, 0.25) is 0 Å². The largest absolute Gasteiger partial charge is 0.461 e. The molecule has 1 aliphatic rings. The Balaban J connectivity index is 1.95. The molecule has 1 fully saturated rings. The minimum Gasteiger partial charge on any atom is -0.461 e. The fraction of sp³-hybridized carbons (Fsp3) is 0.667. The lowest BCUT2D eigenvalue weighted by atomic mass is 10.0. The number of anilines is 1. The van der Waals surface area contributed by atoms with Crippen molar-refractivity contribution in [3.8, 4) is 0 Å². The molecule has 0 bridgehead atoms. The van der Waals surface area contributed by atoms with Crippen LogP contribution in [0.4, 0.5) is 6.01 Å². The van der Waals surface area contributed by atoms with E-state index in [2.05, 4.69) is 22.5 Å². The predicted octanol–water partition coefficient (Wildman–Crippen LogP) is 1.40. The molecule has 6 nitrogen and oxygen atoms in total. The molecule has 0 radical (unpaired) electrons. The van der Waals surface area contributed by atoms with Crippen LogP contribution in [0.5, 0.6) is 0 Å². The molecule has 1 aromatic rings. The van der Waals surface area contributed by atoms with E-state index in [1.54, 1.807) is 6.92 Å². The summed E-state index contributed by atoms with van der Waals surface area (Å²) in [5, 5.41) is 6.58. The van der Waals surface area contributed by atoms with Gasteiger partial charge in [-0.3, -0.25) is 0 Å². The molecule has 1 aromatic heterocycles. The topological polar surface area (TPSA) is 76.4 Å². The zero-order valence-corrected chi connectivity index (χ0v) is 10.7. The molecule has 1 saturated heterocycles. The third-order valence-corrected chi connectivity index (χ3v) is 3.06. The van der Waals surface area contributed by atoms with E-state index >= 15 is 0 Å². The fourth-order valence-electron chi connectivity index (χ4n) is 2.04. The summed E-state index contributed by atoms with van der Waals surface area (Å²) in [7, 11) is 0. The first-order chi connectivity index (χ1) is 8.70. The summed E-state index contributed by atoms with van der Waals surface area (Å²) in [5.41, 5.74) is 0.204. The van der Waals surface area contributed by atoms with Crippen molar-refractivity contribution >= 4 is 12.0 Å². The molecular weight excluding hydrogens is 234 g/mol. The van der Waals surface area contributed by atoms with Crippen LogP contribution in [0.15, 0.2) is 10.7 Å². The van der Waals surface area contributed by atoms with Crippen LogP contribution in [0.3, 0.4) is 0 Å². The maximum atomic E-state index is 11.4. The number of aromatic nitrogens is 1. The van der Waals surface area contributed by atoms with Crippen LogP contribution in [0, 0.1) is 0 Å². The second-order valence-electron chi connectivity index (χ2n) is 4.39. The molecule has 0 saturated carbocycles. The van der Waals surface area contributed by atoms with Crippen molar-refractivity contribution in [2.75, 3.05) is 18.5 Å². The monoisotopic (exact) mass is 253 g/mol. The molecule has 2 N–H and O–H groups in total. The Morgan fingerprint density at radius 1 is 1.72 bits per heavy atom. The van der Waals surface area contributed by atoms with Crippen LogP contribution >= 0.6 is 0 Å². The number of piperidine rings is 1. The van der Waals surface area contributed by atoms with Gasteiger partial charge in [-0.05, 0) is 33.2 Å². The minimum atomic E-state index is -0.455. The molecule has 18 heavy (non-hydrogen) atoms. The lowest BCUT2D eigenvalue weighted by molar-refractivity contribution is 0.0519. The Bertz CT molecular complexity index is 405. The molecule has 2 rings (SSSR count). The first-order valence-electron chi connectivity index (χ1n) is 6.33. The maximum Gasteiger partial charge on any atom is 0.360 e. The highest BCUT2D eigenvalue weighted by molar-refractivity contribution is 5.87. The third kappa shape index (κ3) is 3.01. The van der Waals surface area contributed by atoms with Gasteiger partial charge in [0.15, 0.2) is 5.69 Å². The number of rotatable bonds is 4. The number of nitrogens with zero attached hydrogens (tertiary/aromatic N) is 1. The molecule has 2 unspecified atom stereocenters. The van der Waals surface area contributed by atoms with Gasteiger partial charge in [0.1, 0.15) is 6.26 Å². The van der Waals surface area contributed by atoms with E-state index in [1.165, 1.54) is 6.26 Å². The first kappa shape index (κ1) is 12.9. The molecular formula is C12H19N3O3. The smallest absolute Gasteiger partial charge is 0.360 e. The van der Waals surface area contributed by atoms with E-state index in [1.807, 2.05) is 0 Å². The van der Waals surface area contributed by atoms with Gasteiger partial charge in [0, 0.05) is 12.1 Å². The van der Waals surface area contributed by atoms with E-state index < -0.39 is 5.97 Å². The highest BCUT2D eigenvalue weighted by Gasteiger charge is 2.22. The van der Waals surface area contributed by atoms with Gasteiger partial charge in [0.05, 0.1) is 6.61 Å². The van der Waals surface area contributed by atoms with Crippen molar-refractivity contribution in [3.63, 3.8) is 0 Å². The van der Waals surface area contributed by atoms with Crippen LogP contribution < -0.4 is 10.6 Å². The molecule has 100 valence electrons. The Morgan fingerprint density at radius 2 is 2.56 bits per heavy atom. The lowest BCUT2D eigenvalue weighted by Gasteiger charge is -2.29. The maximum absolute atomic E-state index is 11.4. The van der Waals surface area contributed by atoms with Crippen LogP contribution in [0.1, 0.15) is 37.2 Å². The number of carbonyl (C=O) groups is 1. The van der Waals surface area contributed by atoms with Gasteiger partial charge in [0.25, 0.3) is 6.01 Å². The van der Waals surface area contributed by atoms with Crippen molar-refractivity contribution in [1.29, 1.82) is 0 Å². The van der Waals surface area contributed by atoms with Crippen LogP contribution in [-0.2, 0) is 4.74 Å². The molecule has 0 aliphatic carbocycles. The Morgan fingerprint density at radius 3 is 3.28 bits per heavy atom.